The molecule has 4 saturated carbocycles. The molecule has 0 aromatic carbocycles. The second-order valence-corrected chi connectivity index (χ2v) is 12.9. The third-order valence-electron chi connectivity index (χ3n) is 8.91. The monoisotopic (exact) mass is 510 g/mol. The highest BCUT2D eigenvalue weighted by atomic mass is 16.6. The number of nitrogens with zero attached hydrogens (tertiary/aromatic N) is 3. The fraction of sp³-hybridized carbons (Fsp3) is 0.759. The highest BCUT2D eigenvalue weighted by molar-refractivity contribution is 5.69. The lowest BCUT2D eigenvalue weighted by Gasteiger charge is -2.19. The first-order chi connectivity index (χ1) is 17.9. The summed E-state index contributed by atoms with van der Waals surface area (Å²) < 4.78 is 18.4. The Bertz CT molecular complexity index is 1050. The molecular formula is C29H42N4O4. The maximum absolute atomic E-state index is 12.2. The molecule has 0 spiro atoms. The predicted molar refractivity (Wildman–Crippen MR) is 138 cm³/mol. The smallest absolute Gasteiger partial charge is 0.435 e. The standard InChI is InChI=1S/C29H42N4O4/c1-29(2,3)37-28(34)33-13-9-27(32-33)36-15-11-21(19-6-7-19)23-17-25(23)24-16-22(24)20(18-4-5-18)10-14-35-26-8-12-30-31-26/h8-9,12-13,18-25H,4-7,10-11,14-17H2,1-3H3,(H,30,31). The lowest BCUT2D eigenvalue weighted by Crippen LogP contribution is -2.27. The van der Waals surface area contributed by atoms with Crippen molar-refractivity contribution in [1.29, 1.82) is 0 Å². The molecule has 6 unspecified atom stereocenters. The Morgan fingerprint density at radius 3 is 2.08 bits per heavy atom. The molecule has 37 heavy (non-hydrogen) atoms. The number of carbonyl (C=O) groups is 1. The minimum absolute atomic E-state index is 0.477. The molecule has 0 radical (unpaired) electrons. The number of carbonyl (C=O) groups excluding carboxylic acids is 1. The number of aromatic amines is 1. The van der Waals surface area contributed by atoms with Gasteiger partial charge in [-0.2, -0.15) is 4.68 Å². The van der Waals surface area contributed by atoms with Gasteiger partial charge in [0.2, 0.25) is 11.8 Å². The minimum atomic E-state index is -0.546. The fourth-order valence-corrected chi connectivity index (χ4v) is 6.81. The summed E-state index contributed by atoms with van der Waals surface area (Å²) in [5.74, 6) is 8.32. The molecule has 2 heterocycles. The Morgan fingerprint density at radius 2 is 1.57 bits per heavy atom. The van der Waals surface area contributed by atoms with E-state index in [9.17, 15) is 4.79 Å². The van der Waals surface area contributed by atoms with Crippen LogP contribution < -0.4 is 9.47 Å². The van der Waals surface area contributed by atoms with Crippen molar-refractivity contribution < 1.29 is 19.0 Å². The van der Waals surface area contributed by atoms with Gasteiger partial charge in [0.1, 0.15) is 5.60 Å². The van der Waals surface area contributed by atoms with Crippen molar-refractivity contribution in [3.8, 4) is 11.8 Å². The molecule has 0 amide bonds. The second kappa shape index (κ2) is 9.99. The third kappa shape index (κ3) is 6.32. The SMILES string of the molecule is CC(C)(C)OC(=O)n1ccc(OCCC(C2CC2)C2CC2C2CC2C(CCOc2cc[nH]n2)C2CC2)n1. The molecule has 0 bridgehead atoms. The van der Waals surface area contributed by atoms with Crippen molar-refractivity contribution in [2.24, 2.45) is 47.3 Å². The summed E-state index contributed by atoms with van der Waals surface area (Å²) in [6.45, 7) is 7.00. The molecule has 6 atom stereocenters. The van der Waals surface area contributed by atoms with Crippen molar-refractivity contribution >= 4 is 6.09 Å². The summed E-state index contributed by atoms with van der Waals surface area (Å²) in [6.07, 6.45) is 13.6. The van der Waals surface area contributed by atoms with Crippen LogP contribution in [0.5, 0.6) is 11.8 Å². The molecule has 2 aromatic rings. The maximum Gasteiger partial charge on any atom is 0.435 e. The zero-order chi connectivity index (χ0) is 25.6. The molecule has 0 saturated heterocycles. The van der Waals surface area contributed by atoms with Crippen molar-refractivity contribution in [3.05, 3.63) is 24.5 Å². The largest absolute Gasteiger partial charge is 0.477 e. The fourth-order valence-electron chi connectivity index (χ4n) is 6.81. The van der Waals surface area contributed by atoms with Gasteiger partial charge in [0.05, 0.1) is 13.2 Å². The Kier molecular flexibility index (Phi) is 6.70. The van der Waals surface area contributed by atoms with Gasteiger partial charge < -0.3 is 14.2 Å². The van der Waals surface area contributed by atoms with Crippen molar-refractivity contribution in [1.82, 2.24) is 20.0 Å². The summed E-state index contributed by atoms with van der Waals surface area (Å²) in [4.78, 5) is 12.2. The van der Waals surface area contributed by atoms with Gasteiger partial charge in [0.25, 0.3) is 0 Å². The van der Waals surface area contributed by atoms with Gasteiger partial charge in [-0.15, -0.1) is 10.2 Å². The zero-order valence-electron chi connectivity index (χ0n) is 22.5. The number of aromatic nitrogens is 4. The molecule has 4 aliphatic carbocycles. The highest BCUT2D eigenvalue weighted by Crippen LogP contribution is 2.67. The van der Waals surface area contributed by atoms with Crippen molar-refractivity contribution in [2.45, 2.75) is 77.7 Å². The number of rotatable bonds is 13. The van der Waals surface area contributed by atoms with E-state index in [2.05, 4.69) is 15.3 Å². The molecule has 2 aromatic heterocycles. The van der Waals surface area contributed by atoms with Crippen LogP contribution in [-0.2, 0) is 4.74 Å². The van der Waals surface area contributed by atoms with Crippen molar-refractivity contribution in [2.75, 3.05) is 13.2 Å². The third-order valence-corrected chi connectivity index (χ3v) is 8.91. The molecule has 8 heteroatoms. The molecule has 1 N–H and O–H groups in total. The molecular weight excluding hydrogens is 468 g/mol. The van der Waals surface area contributed by atoms with Crippen LogP contribution in [0.15, 0.2) is 24.5 Å². The van der Waals surface area contributed by atoms with E-state index >= 15 is 0 Å². The van der Waals surface area contributed by atoms with Crippen LogP contribution in [0.4, 0.5) is 4.79 Å². The number of hydrogen-bond donors (Lipinski definition) is 1. The first kappa shape index (κ1) is 24.8. The van der Waals surface area contributed by atoms with Crippen LogP contribution in [0.3, 0.4) is 0 Å². The van der Waals surface area contributed by atoms with Gasteiger partial charge in [0, 0.05) is 24.5 Å². The Morgan fingerprint density at radius 1 is 0.973 bits per heavy atom. The molecule has 6 rings (SSSR count). The van der Waals surface area contributed by atoms with E-state index < -0.39 is 11.7 Å². The van der Waals surface area contributed by atoms with Gasteiger partial charge in [-0.1, -0.05) is 0 Å². The Hall–Kier alpha value is -2.51. The zero-order valence-corrected chi connectivity index (χ0v) is 22.5. The first-order valence-corrected chi connectivity index (χ1v) is 14.4. The lowest BCUT2D eigenvalue weighted by molar-refractivity contribution is 0.0511. The highest BCUT2D eigenvalue weighted by Gasteiger charge is 2.60. The Labute approximate surface area is 219 Å². The van der Waals surface area contributed by atoms with Crippen LogP contribution in [0, 0.1) is 47.3 Å². The number of nitrogens with one attached hydrogen (secondary N) is 1. The predicted octanol–water partition coefficient (Wildman–Crippen LogP) is 5.95. The van der Waals surface area contributed by atoms with Gasteiger partial charge in [0.15, 0.2) is 0 Å². The van der Waals surface area contributed by atoms with Crippen molar-refractivity contribution in [3.63, 3.8) is 0 Å². The van der Waals surface area contributed by atoms with Crippen LogP contribution in [0.2, 0.25) is 0 Å². The van der Waals surface area contributed by atoms with E-state index in [1.54, 1.807) is 12.3 Å². The van der Waals surface area contributed by atoms with E-state index in [0.717, 1.165) is 66.3 Å². The summed E-state index contributed by atoms with van der Waals surface area (Å²) in [5, 5.41) is 11.2. The topological polar surface area (TPSA) is 91.3 Å². The first-order valence-electron chi connectivity index (χ1n) is 14.4. The van der Waals surface area contributed by atoms with Crippen LogP contribution in [-0.4, -0.2) is 44.9 Å². The Balaban J connectivity index is 0.956. The van der Waals surface area contributed by atoms with E-state index in [-0.39, 0.29) is 0 Å². The number of hydrogen-bond acceptors (Lipinski definition) is 6. The maximum atomic E-state index is 12.2. The molecule has 0 aliphatic heterocycles. The molecule has 8 nitrogen and oxygen atoms in total. The quantitative estimate of drug-likeness (QED) is 0.358. The minimum Gasteiger partial charge on any atom is -0.477 e. The van der Waals surface area contributed by atoms with Gasteiger partial charge in [-0.05, 0) is 119 Å². The van der Waals surface area contributed by atoms with E-state index in [1.807, 2.05) is 33.0 Å². The number of H-pyrrole nitrogens is 1. The van der Waals surface area contributed by atoms with Gasteiger partial charge >= 0.3 is 6.09 Å². The van der Waals surface area contributed by atoms with Crippen LogP contribution >= 0.6 is 0 Å². The summed E-state index contributed by atoms with van der Waals surface area (Å²) in [6, 6.07) is 3.65. The molecule has 202 valence electrons. The van der Waals surface area contributed by atoms with E-state index in [1.165, 1.54) is 49.6 Å². The lowest BCUT2D eigenvalue weighted by atomic mass is 9.89. The molecule has 4 aliphatic rings. The number of ether oxygens (including phenoxy) is 3. The van der Waals surface area contributed by atoms with Gasteiger partial charge in [-0.3, -0.25) is 5.10 Å². The molecule has 4 fully saturated rings. The summed E-state index contributed by atoms with van der Waals surface area (Å²) >= 11 is 0. The second-order valence-electron chi connectivity index (χ2n) is 12.9. The van der Waals surface area contributed by atoms with Crippen LogP contribution in [0.25, 0.3) is 0 Å². The average molecular weight is 511 g/mol. The van der Waals surface area contributed by atoms with Gasteiger partial charge in [-0.25, -0.2) is 4.79 Å². The summed E-state index contributed by atoms with van der Waals surface area (Å²) in [7, 11) is 0. The van der Waals surface area contributed by atoms with E-state index in [4.69, 9.17) is 14.2 Å². The van der Waals surface area contributed by atoms with Crippen LogP contribution in [0.1, 0.15) is 72.1 Å². The summed E-state index contributed by atoms with van der Waals surface area (Å²) in [5.41, 5.74) is -0.546. The van der Waals surface area contributed by atoms with E-state index in [0.29, 0.717) is 12.5 Å². The average Bonchev–Trinajstić information content (AvgIpc) is 3.66. The normalized spacial score (nSPS) is 28.4.